The third-order valence-electron chi connectivity index (χ3n) is 7.25. The number of nitrogens with one attached hydrogen (secondary N) is 4. The third-order valence-corrected chi connectivity index (χ3v) is 7.25. The van der Waals surface area contributed by atoms with Crippen LogP contribution in [-0.4, -0.2) is 62.1 Å². The number of amides is 4. The minimum Gasteiger partial charge on any atom is -0.376 e. The van der Waals surface area contributed by atoms with Crippen molar-refractivity contribution in [2.75, 3.05) is 36.9 Å². The minimum atomic E-state index is -0.342. The van der Waals surface area contributed by atoms with E-state index in [1.165, 1.54) is 0 Å². The zero-order valence-corrected chi connectivity index (χ0v) is 23.2. The molecule has 42 heavy (non-hydrogen) atoms. The SMILES string of the molecule is O=C(NCC1CCCO1)c1ccc(NC(=O)c2ccc(C(=O)Nc3ccc(C(=O)NCC4CCCO4)cc3)cc2)cc1. The van der Waals surface area contributed by atoms with Crippen LogP contribution in [0.15, 0.2) is 72.8 Å². The average Bonchev–Trinajstić information content (AvgIpc) is 3.74. The van der Waals surface area contributed by atoms with Crippen LogP contribution in [0.5, 0.6) is 0 Å². The fourth-order valence-electron chi connectivity index (χ4n) is 4.82. The lowest BCUT2D eigenvalue weighted by molar-refractivity contribution is 0.0854. The summed E-state index contributed by atoms with van der Waals surface area (Å²) in [6, 6.07) is 19.5. The van der Waals surface area contributed by atoms with Crippen LogP contribution in [0.3, 0.4) is 0 Å². The van der Waals surface area contributed by atoms with Crippen molar-refractivity contribution in [1.29, 1.82) is 0 Å². The van der Waals surface area contributed by atoms with E-state index in [0.717, 1.165) is 38.9 Å². The Kier molecular flexibility index (Phi) is 9.58. The first-order valence-corrected chi connectivity index (χ1v) is 14.2. The molecule has 0 aliphatic carbocycles. The predicted octanol–water partition coefficient (Wildman–Crippen LogP) is 4.01. The molecule has 3 aromatic carbocycles. The Labute approximate surface area is 244 Å². The maximum absolute atomic E-state index is 12.7. The van der Waals surface area contributed by atoms with E-state index in [0.29, 0.717) is 46.7 Å². The highest BCUT2D eigenvalue weighted by Gasteiger charge is 2.18. The van der Waals surface area contributed by atoms with Crippen LogP contribution in [0.2, 0.25) is 0 Å². The van der Waals surface area contributed by atoms with Crippen molar-refractivity contribution < 1.29 is 28.7 Å². The third kappa shape index (κ3) is 7.80. The van der Waals surface area contributed by atoms with E-state index in [2.05, 4.69) is 21.3 Å². The van der Waals surface area contributed by atoms with Gasteiger partial charge < -0.3 is 30.7 Å². The highest BCUT2D eigenvalue weighted by atomic mass is 16.5. The first-order valence-electron chi connectivity index (χ1n) is 14.2. The second kappa shape index (κ2) is 13.9. The van der Waals surface area contributed by atoms with Gasteiger partial charge in [-0.05, 0) is 98.5 Å². The summed E-state index contributed by atoms with van der Waals surface area (Å²) in [6.45, 7) is 2.43. The molecule has 0 spiro atoms. The van der Waals surface area contributed by atoms with Gasteiger partial charge in [0.1, 0.15) is 0 Å². The van der Waals surface area contributed by atoms with Gasteiger partial charge in [-0.25, -0.2) is 0 Å². The number of hydrogen-bond donors (Lipinski definition) is 4. The van der Waals surface area contributed by atoms with E-state index in [1.807, 2.05) is 0 Å². The summed E-state index contributed by atoms with van der Waals surface area (Å²) >= 11 is 0. The molecule has 2 aliphatic rings. The molecular formula is C32H34N4O6. The maximum atomic E-state index is 12.7. The van der Waals surface area contributed by atoms with E-state index < -0.39 is 0 Å². The van der Waals surface area contributed by atoms with Gasteiger partial charge in [-0.3, -0.25) is 19.2 Å². The molecule has 0 aromatic heterocycles. The molecular weight excluding hydrogens is 536 g/mol. The van der Waals surface area contributed by atoms with Crippen LogP contribution in [0.1, 0.15) is 67.1 Å². The molecule has 2 fully saturated rings. The summed E-state index contributed by atoms with van der Waals surface area (Å²) in [5.41, 5.74) is 2.83. The molecule has 10 heteroatoms. The van der Waals surface area contributed by atoms with Gasteiger partial charge in [0.15, 0.2) is 0 Å². The number of carbonyl (C=O) groups is 4. The Morgan fingerprint density at radius 2 is 0.857 bits per heavy atom. The van der Waals surface area contributed by atoms with Crippen molar-refractivity contribution in [2.24, 2.45) is 0 Å². The lowest BCUT2D eigenvalue weighted by Gasteiger charge is -2.11. The molecule has 4 amide bonds. The van der Waals surface area contributed by atoms with Crippen LogP contribution in [-0.2, 0) is 9.47 Å². The number of carbonyl (C=O) groups excluding carboxylic acids is 4. The maximum Gasteiger partial charge on any atom is 0.255 e. The summed E-state index contributed by atoms with van der Waals surface area (Å²) in [4.78, 5) is 50.2. The van der Waals surface area contributed by atoms with Gasteiger partial charge in [0, 0.05) is 59.9 Å². The molecule has 3 aromatic rings. The van der Waals surface area contributed by atoms with E-state index in [1.54, 1.807) is 72.8 Å². The molecule has 10 nitrogen and oxygen atoms in total. The van der Waals surface area contributed by atoms with Crippen molar-refractivity contribution in [3.63, 3.8) is 0 Å². The molecule has 2 saturated heterocycles. The van der Waals surface area contributed by atoms with Crippen molar-refractivity contribution in [2.45, 2.75) is 37.9 Å². The van der Waals surface area contributed by atoms with E-state index in [9.17, 15) is 19.2 Å². The van der Waals surface area contributed by atoms with Crippen LogP contribution in [0, 0.1) is 0 Å². The Morgan fingerprint density at radius 3 is 1.19 bits per heavy atom. The fourth-order valence-corrected chi connectivity index (χ4v) is 4.82. The second-order valence-electron chi connectivity index (χ2n) is 10.3. The standard InChI is InChI=1S/C32H34N4O6/c37-29(33-19-27-3-1-17-41-27)21-9-13-25(14-10-21)35-31(39)23-5-7-24(8-6-23)32(40)36-26-15-11-22(12-16-26)30(38)34-20-28-4-2-18-42-28/h5-16,27-28H,1-4,17-20H2,(H,33,37)(H,34,38)(H,35,39)(H,36,40). The molecule has 2 aliphatic heterocycles. The van der Waals surface area contributed by atoms with Crippen molar-refractivity contribution in [3.8, 4) is 0 Å². The molecule has 0 radical (unpaired) electrons. The Balaban J connectivity index is 1.08. The first-order chi connectivity index (χ1) is 20.4. The van der Waals surface area contributed by atoms with E-state index in [4.69, 9.17) is 9.47 Å². The van der Waals surface area contributed by atoms with Crippen molar-refractivity contribution in [1.82, 2.24) is 10.6 Å². The largest absolute Gasteiger partial charge is 0.376 e. The predicted molar refractivity (Wildman–Crippen MR) is 158 cm³/mol. The zero-order chi connectivity index (χ0) is 29.3. The Hall–Kier alpha value is -4.54. The summed E-state index contributed by atoms with van der Waals surface area (Å²) in [6.07, 6.45) is 4.06. The van der Waals surface area contributed by atoms with Gasteiger partial charge in [-0.15, -0.1) is 0 Å². The molecule has 5 rings (SSSR count). The van der Waals surface area contributed by atoms with Crippen LogP contribution in [0.4, 0.5) is 11.4 Å². The van der Waals surface area contributed by atoms with Crippen molar-refractivity contribution >= 4 is 35.0 Å². The van der Waals surface area contributed by atoms with Crippen LogP contribution >= 0.6 is 0 Å². The summed E-state index contributed by atoms with van der Waals surface area (Å²) in [5.74, 6) is -1.07. The highest BCUT2D eigenvalue weighted by molar-refractivity contribution is 6.07. The number of benzene rings is 3. The molecule has 0 bridgehead atoms. The van der Waals surface area contributed by atoms with E-state index in [-0.39, 0.29) is 35.8 Å². The molecule has 218 valence electrons. The smallest absolute Gasteiger partial charge is 0.255 e. The quantitative estimate of drug-likeness (QED) is 0.291. The lowest BCUT2D eigenvalue weighted by atomic mass is 10.1. The second-order valence-corrected chi connectivity index (χ2v) is 10.3. The highest BCUT2D eigenvalue weighted by Crippen LogP contribution is 2.16. The van der Waals surface area contributed by atoms with Crippen LogP contribution < -0.4 is 21.3 Å². The van der Waals surface area contributed by atoms with E-state index >= 15 is 0 Å². The summed E-state index contributed by atoms with van der Waals surface area (Å²) in [7, 11) is 0. The molecule has 2 unspecified atom stereocenters. The zero-order valence-electron chi connectivity index (χ0n) is 23.2. The fraction of sp³-hybridized carbons (Fsp3) is 0.312. The van der Waals surface area contributed by atoms with Gasteiger partial charge in [0.2, 0.25) is 0 Å². The Morgan fingerprint density at radius 1 is 0.524 bits per heavy atom. The van der Waals surface area contributed by atoms with Gasteiger partial charge in [0.25, 0.3) is 23.6 Å². The van der Waals surface area contributed by atoms with Gasteiger partial charge in [-0.1, -0.05) is 0 Å². The summed E-state index contributed by atoms with van der Waals surface area (Å²) in [5, 5.41) is 11.3. The van der Waals surface area contributed by atoms with Gasteiger partial charge >= 0.3 is 0 Å². The molecule has 0 saturated carbocycles. The van der Waals surface area contributed by atoms with Gasteiger partial charge in [0.05, 0.1) is 12.2 Å². The topological polar surface area (TPSA) is 135 Å². The monoisotopic (exact) mass is 570 g/mol. The van der Waals surface area contributed by atoms with Crippen LogP contribution in [0.25, 0.3) is 0 Å². The number of hydrogen-bond acceptors (Lipinski definition) is 6. The first kappa shape index (κ1) is 29.0. The number of ether oxygens (including phenoxy) is 2. The average molecular weight is 571 g/mol. The molecule has 4 N–H and O–H groups in total. The lowest BCUT2D eigenvalue weighted by Crippen LogP contribution is -2.31. The Bertz CT molecular complexity index is 1290. The normalized spacial score (nSPS) is 17.8. The molecule has 2 atom stereocenters. The van der Waals surface area contributed by atoms with Crippen molar-refractivity contribution in [3.05, 3.63) is 95.1 Å². The minimum absolute atomic E-state index is 0.0678. The summed E-state index contributed by atoms with van der Waals surface area (Å²) < 4.78 is 11.0. The number of rotatable bonds is 10. The van der Waals surface area contributed by atoms with Gasteiger partial charge in [-0.2, -0.15) is 0 Å². The number of anilines is 2. The molecule has 2 heterocycles.